The number of halogens is 2. The summed E-state index contributed by atoms with van der Waals surface area (Å²) in [7, 11) is 3.98. The smallest absolute Gasteiger partial charge is 0.322 e. The molecule has 0 aliphatic carbocycles. The lowest BCUT2D eigenvalue weighted by molar-refractivity contribution is 0.387. The first-order valence-electron chi connectivity index (χ1n) is 7.20. The summed E-state index contributed by atoms with van der Waals surface area (Å²) in [5.41, 5.74) is 0.324. The zero-order valence-electron chi connectivity index (χ0n) is 13.2. The summed E-state index contributed by atoms with van der Waals surface area (Å²) < 4.78 is 1.86. The van der Waals surface area contributed by atoms with E-state index in [4.69, 9.17) is 11.6 Å². The predicted octanol–water partition coefficient (Wildman–Crippen LogP) is 1.61. The molecule has 0 saturated heterocycles. The molecule has 0 bridgehead atoms. The number of fused-ring (bicyclic) bond motifs is 2. The summed E-state index contributed by atoms with van der Waals surface area (Å²) in [6.45, 7) is 1.49. The van der Waals surface area contributed by atoms with Crippen molar-refractivity contribution in [1.82, 2.24) is 24.4 Å². The van der Waals surface area contributed by atoms with Crippen molar-refractivity contribution in [2.45, 2.75) is 13.0 Å². The molecular formula is C15H17Cl2N5O2. The number of aromatic amines is 1. The number of rotatable bonds is 4. The SMILES string of the molecule is CN(C)CCCn1c2nc(=O)[nH]c(=O)c-2nc2cc(Cl)ccc21.Cl. The van der Waals surface area contributed by atoms with E-state index in [1.165, 1.54) is 0 Å². The van der Waals surface area contributed by atoms with Crippen LogP contribution in [0.4, 0.5) is 0 Å². The number of hydrogen-bond acceptors (Lipinski definition) is 5. The van der Waals surface area contributed by atoms with E-state index in [-0.39, 0.29) is 18.1 Å². The number of benzene rings is 1. The molecule has 3 rings (SSSR count). The van der Waals surface area contributed by atoms with E-state index in [1.807, 2.05) is 24.7 Å². The fourth-order valence-corrected chi connectivity index (χ4v) is 2.71. The summed E-state index contributed by atoms with van der Waals surface area (Å²) in [4.78, 5) is 36.1. The summed E-state index contributed by atoms with van der Waals surface area (Å²) in [6, 6.07) is 5.28. The Balaban J connectivity index is 0.00000208. The Morgan fingerprint density at radius 1 is 1.25 bits per heavy atom. The van der Waals surface area contributed by atoms with Gasteiger partial charge in [0.2, 0.25) is 0 Å². The van der Waals surface area contributed by atoms with Crippen molar-refractivity contribution in [2.24, 2.45) is 0 Å². The fourth-order valence-electron chi connectivity index (χ4n) is 2.54. The molecule has 0 atom stereocenters. The monoisotopic (exact) mass is 369 g/mol. The van der Waals surface area contributed by atoms with Crippen LogP contribution in [0.1, 0.15) is 6.42 Å². The largest absolute Gasteiger partial charge is 0.349 e. The molecule has 2 aliphatic rings. The highest BCUT2D eigenvalue weighted by Gasteiger charge is 2.18. The molecule has 2 heterocycles. The van der Waals surface area contributed by atoms with Crippen molar-refractivity contribution in [3.05, 3.63) is 44.1 Å². The standard InChI is InChI=1S/C15H16ClN5O2.ClH/c1-20(2)6-3-7-21-11-5-4-9(16)8-10(11)17-12-13(21)18-15(23)19-14(12)22;/h4-5,8H,3,6-7H2,1-2H3,(H,19,22,23);1H. The highest BCUT2D eigenvalue weighted by Crippen LogP contribution is 2.23. The molecule has 2 aliphatic heterocycles. The minimum absolute atomic E-state index is 0. The van der Waals surface area contributed by atoms with E-state index in [0.29, 0.717) is 22.9 Å². The van der Waals surface area contributed by atoms with Gasteiger partial charge in [0.05, 0.1) is 11.0 Å². The van der Waals surface area contributed by atoms with E-state index < -0.39 is 11.2 Å². The van der Waals surface area contributed by atoms with Gasteiger partial charge in [-0.05, 0) is 45.3 Å². The normalized spacial score (nSPS) is 11.2. The maximum atomic E-state index is 12.0. The highest BCUT2D eigenvalue weighted by atomic mass is 35.5. The molecule has 128 valence electrons. The molecule has 0 radical (unpaired) electrons. The second kappa shape index (κ2) is 7.29. The second-order valence-corrected chi connectivity index (χ2v) is 6.03. The third-order valence-electron chi connectivity index (χ3n) is 3.56. The minimum Gasteiger partial charge on any atom is -0.322 e. The van der Waals surface area contributed by atoms with Crippen molar-refractivity contribution in [3.8, 4) is 11.5 Å². The molecule has 0 unspecified atom stereocenters. The first kappa shape index (κ1) is 18.4. The van der Waals surface area contributed by atoms with Gasteiger partial charge in [-0.25, -0.2) is 9.78 Å². The number of hydrogen-bond donors (Lipinski definition) is 1. The third kappa shape index (κ3) is 3.58. The van der Waals surface area contributed by atoms with Crippen LogP contribution in [0.2, 0.25) is 5.02 Å². The van der Waals surface area contributed by atoms with Gasteiger partial charge >= 0.3 is 5.69 Å². The average molecular weight is 370 g/mol. The van der Waals surface area contributed by atoms with Gasteiger partial charge in [-0.3, -0.25) is 9.78 Å². The van der Waals surface area contributed by atoms with Gasteiger partial charge in [0, 0.05) is 11.6 Å². The first-order valence-corrected chi connectivity index (χ1v) is 7.58. The van der Waals surface area contributed by atoms with E-state index in [9.17, 15) is 9.59 Å². The van der Waals surface area contributed by atoms with Crippen molar-refractivity contribution >= 4 is 35.0 Å². The highest BCUT2D eigenvalue weighted by molar-refractivity contribution is 6.31. The summed E-state index contributed by atoms with van der Waals surface area (Å²) in [5, 5.41) is 0.536. The molecule has 0 fully saturated rings. The number of nitrogens with zero attached hydrogens (tertiary/aromatic N) is 4. The minimum atomic E-state index is -0.668. The van der Waals surface area contributed by atoms with E-state index in [1.54, 1.807) is 12.1 Å². The van der Waals surface area contributed by atoms with E-state index in [0.717, 1.165) is 18.5 Å². The zero-order chi connectivity index (χ0) is 16.6. The zero-order valence-corrected chi connectivity index (χ0v) is 14.8. The van der Waals surface area contributed by atoms with Gasteiger partial charge in [0.15, 0.2) is 11.5 Å². The van der Waals surface area contributed by atoms with Gasteiger partial charge in [-0.2, -0.15) is 4.98 Å². The second-order valence-electron chi connectivity index (χ2n) is 5.60. The predicted molar refractivity (Wildman–Crippen MR) is 96.5 cm³/mol. The molecule has 0 spiro atoms. The quantitative estimate of drug-likeness (QED) is 0.706. The molecule has 0 aromatic heterocycles. The van der Waals surface area contributed by atoms with Crippen LogP contribution in [-0.4, -0.2) is 45.1 Å². The molecule has 9 heteroatoms. The van der Waals surface area contributed by atoms with E-state index in [2.05, 4.69) is 19.9 Å². The van der Waals surface area contributed by atoms with E-state index >= 15 is 0 Å². The molecule has 0 saturated carbocycles. The lowest BCUT2D eigenvalue weighted by Gasteiger charge is -2.17. The Hall–Kier alpha value is -1.96. The van der Waals surface area contributed by atoms with Crippen molar-refractivity contribution in [2.75, 3.05) is 20.6 Å². The Morgan fingerprint density at radius 2 is 2.00 bits per heavy atom. The molecule has 0 amide bonds. The van der Waals surface area contributed by atoms with Crippen LogP contribution in [-0.2, 0) is 6.54 Å². The Kier molecular flexibility index (Phi) is 5.58. The molecule has 24 heavy (non-hydrogen) atoms. The fraction of sp³-hybridized carbons (Fsp3) is 0.333. The lowest BCUT2D eigenvalue weighted by atomic mass is 10.2. The maximum Gasteiger partial charge on any atom is 0.349 e. The summed E-state index contributed by atoms with van der Waals surface area (Å²) in [5.74, 6) is 0.298. The van der Waals surface area contributed by atoms with Gasteiger partial charge in [0.25, 0.3) is 5.56 Å². The number of nitrogens with one attached hydrogen (secondary N) is 1. The molecular weight excluding hydrogens is 353 g/mol. The van der Waals surface area contributed by atoms with Crippen LogP contribution in [0.5, 0.6) is 0 Å². The molecule has 1 aromatic rings. The topological polar surface area (TPSA) is 83.9 Å². The Labute approximate surface area is 149 Å². The maximum absolute atomic E-state index is 12.0. The van der Waals surface area contributed by atoms with Crippen LogP contribution < -0.4 is 11.2 Å². The molecule has 1 aromatic carbocycles. The summed E-state index contributed by atoms with van der Waals surface area (Å²) in [6.07, 6.45) is 0.844. The van der Waals surface area contributed by atoms with Crippen LogP contribution in [0, 0.1) is 0 Å². The van der Waals surface area contributed by atoms with Crippen LogP contribution in [0.15, 0.2) is 27.8 Å². The van der Waals surface area contributed by atoms with Gasteiger partial charge in [-0.15, -0.1) is 12.4 Å². The number of H-pyrrole nitrogens is 1. The lowest BCUT2D eigenvalue weighted by Crippen LogP contribution is -2.29. The van der Waals surface area contributed by atoms with Gasteiger partial charge < -0.3 is 9.47 Å². The van der Waals surface area contributed by atoms with Gasteiger partial charge in [-0.1, -0.05) is 11.6 Å². The van der Waals surface area contributed by atoms with Crippen molar-refractivity contribution < 1.29 is 0 Å². The van der Waals surface area contributed by atoms with Crippen molar-refractivity contribution in [1.29, 1.82) is 0 Å². The van der Waals surface area contributed by atoms with Crippen LogP contribution in [0.25, 0.3) is 22.6 Å². The molecule has 7 nitrogen and oxygen atoms in total. The van der Waals surface area contributed by atoms with Crippen molar-refractivity contribution in [3.63, 3.8) is 0 Å². The Morgan fingerprint density at radius 3 is 2.71 bits per heavy atom. The first-order chi connectivity index (χ1) is 11.0. The third-order valence-corrected chi connectivity index (χ3v) is 3.79. The summed E-state index contributed by atoms with van der Waals surface area (Å²) >= 11 is 6.03. The van der Waals surface area contributed by atoms with Gasteiger partial charge in [0.1, 0.15) is 0 Å². The van der Waals surface area contributed by atoms with Crippen LogP contribution in [0.3, 0.4) is 0 Å². The molecule has 1 N–H and O–H groups in total. The average Bonchev–Trinajstić information content (AvgIpc) is 2.47. The van der Waals surface area contributed by atoms with Crippen LogP contribution >= 0.6 is 24.0 Å². The Bertz CT molecular complexity index is 951. The number of aromatic nitrogens is 4. The number of aryl methyl sites for hydroxylation is 1.